The molecule has 8 nitrogen and oxygen atoms in total. The van der Waals surface area contributed by atoms with Gasteiger partial charge in [-0.1, -0.05) is 6.92 Å². The Hall–Kier alpha value is -2.13. The minimum Gasteiger partial charge on any atom is -0.387 e. The summed E-state index contributed by atoms with van der Waals surface area (Å²) in [6, 6.07) is 2.08. The quantitative estimate of drug-likeness (QED) is 0.664. The van der Waals surface area contributed by atoms with E-state index in [-0.39, 0.29) is 11.9 Å². The molecule has 144 valence electrons. The number of aliphatic hydroxyl groups excluding tert-OH is 1. The van der Waals surface area contributed by atoms with Crippen LogP contribution in [0.1, 0.15) is 23.7 Å². The summed E-state index contributed by atoms with van der Waals surface area (Å²) in [5.41, 5.74) is 7.43. The molecule has 0 bridgehead atoms. The van der Waals surface area contributed by atoms with E-state index in [1.165, 1.54) is 6.20 Å². The summed E-state index contributed by atoms with van der Waals surface area (Å²) in [7, 11) is 0. The highest BCUT2D eigenvalue weighted by Gasteiger charge is 2.47. The molecule has 1 saturated heterocycles. The molecular weight excluding hydrogens is 414 g/mol. The first-order valence-electron chi connectivity index (χ1n) is 9.01. The first-order valence-corrected chi connectivity index (χ1v) is 9.80. The summed E-state index contributed by atoms with van der Waals surface area (Å²) in [5, 5.41) is 16.9. The van der Waals surface area contributed by atoms with E-state index in [9.17, 15) is 9.59 Å². The fraction of sp³-hybridized carbons (Fsp3) is 0.500. The van der Waals surface area contributed by atoms with Gasteiger partial charge in [-0.25, -0.2) is 4.52 Å². The molecule has 4 rings (SSSR count). The summed E-state index contributed by atoms with van der Waals surface area (Å²) < 4.78 is 2.58. The number of aromatic nitrogens is 2. The predicted molar refractivity (Wildman–Crippen MR) is 103 cm³/mol. The van der Waals surface area contributed by atoms with Crippen molar-refractivity contribution in [3.63, 3.8) is 0 Å². The second-order valence-electron chi connectivity index (χ2n) is 7.51. The van der Waals surface area contributed by atoms with Crippen molar-refractivity contribution in [1.82, 2.24) is 14.5 Å². The molecule has 2 aromatic rings. The van der Waals surface area contributed by atoms with Crippen molar-refractivity contribution in [3.05, 3.63) is 28.5 Å². The van der Waals surface area contributed by atoms with Gasteiger partial charge in [0.15, 0.2) is 0 Å². The standard InChI is InChI=1S/C18H22BrN5O3/c1-9-13-7-23(16(26)8-25)5-10(13)2-14(9)22-17-12(18(20)27)4-21-24-6-11(19)3-15(17)24/h3-4,6,9-10,13-14,22,25H,2,5,7-8H2,1H3,(H2,20,27)/t9-,10-,13-,14-/m1/s1. The van der Waals surface area contributed by atoms with Crippen molar-refractivity contribution in [2.45, 2.75) is 19.4 Å². The number of amides is 2. The number of aliphatic hydroxyl groups is 1. The third-order valence-corrected chi connectivity index (χ3v) is 6.48. The van der Waals surface area contributed by atoms with Crippen LogP contribution in [0.5, 0.6) is 0 Å². The number of primary amides is 1. The Morgan fingerprint density at radius 2 is 2.22 bits per heavy atom. The molecule has 2 aliphatic rings. The highest BCUT2D eigenvalue weighted by atomic mass is 79.9. The lowest BCUT2D eigenvalue weighted by atomic mass is 9.93. The lowest BCUT2D eigenvalue weighted by Gasteiger charge is -2.25. The van der Waals surface area contributed by atoms with Crippen molar-refractivity contribution in [2.24, 2.45) is 23.5 Å². The maximum Gasteiger partial charge on any atom is 0.252 e. The predicted octanol–water partition coefficient (Wildman–Crippen LogP) is 1.08. The van der Waals surface area contributed by atoms with Crippen molar-refractivity contribution >= 4 is 38.9 Å². The van der Waals surface area contributed by atoms with Crippen LogP contribution >= 0.6 is 15.9 Å². The van der Waals surface area contributed by atoms with Crippen molar-refractivity contribution < 1.29 is 14.7 Å². The topological polar surface area (TPSA) is 113 Å². The summed E-state index contributed by atoms with van der Waals surface area (Å²) >= 11 is 3.45. The summed E-state index contributed by atoms with van der Waals surface area (Å²) in [5.74, 6) is 0.369. The number of hydrogen-bond donors (Lipinski definition) is 3. The van der Waals surface area contributed by atoms with Gasteiger partial charge >= 0.3 is 0 Å². The van der Waals surface area contributed by atoms with Gasteiger partial charge in [0.25, 0.3) is 5.91 Å². The zero-order chi connectivity index (χ0) is 19.3. The van der Waals surface area contributed by atoms with Crippen LogP contribution in [0.15, 0.2) is 22.9 Å². The fourth-order valence-corrected chi connectivity index (χ4v) is 5.03. The summed E-state index contributed by atoms with van der Waals surface area (Å²) in [6.45, 7) is 3.09. The molecule has 2 fully saturated rings. The molecule has 1 saturated carbocycles. The van der Waals surface area contributed by atoms with E-state index in [0.29, 0.717) is 42.1 Å². The van der Waals surface area contributed by atoms with E-state index >= 15 is 0 Å². The Bertz CT molecular complexity index is 914. The van der Waals surface area contributed by atoms with Crippen LogP contribution in [-0.4, -0.2) is 57.2 Å². The smallest absolute Gasteiger partial charge is 0.252 e. The molecule has 3 heterocycles. The molecule has 0 aromatic carbocycles. The summed E-state index contributed by atoms with van der Waals surface area (Å²) in [6.07, 6.45) is 4.22. The van der Waals surface area contributed by atoms with E-state index in [2.05, 4.69) is 33.3 Å². The second-order valence-corrected chi connectivity index (χ2v) is 8.43. The average Bonchev–Trinajstić information content (AvgIpc) is 3.29. The van der Waals surface area contributed by atoms with Gasteiger partial charge < -0.3 is 21.1 Å². The summed E-state index contributed by atoms with van der Waals surface area (Å²) in [4.78, 5) is 25.5. The first-order chi connectivity index (χ1) is 12.9. The lowest BCUT2D eigenvalue weighted by Crippen LogP contribution is -2.35. The number of nitrogens with two attached hydrogens (primary N) is 1. The Balaban J connectivity index is 1.60. The number of likely N-dealkylation sites (tertiary alicyclic amines) is 1. The normalized spacial score (nSPS) is 27.1. The molecule has 2 amide bonds. The van der Waals surface area contributed by atoms with Gasteiger partial charge in [-0.3, -0.25) is 9.59 Å². The molecule has 9 heteroatoms. The van der Waals surface area contributed by atoms with Gasteiger partial charge in [-0.05, 0) is 46.2 Å². The first kappa shape index (κ1) is 18.2. The number of hydrogen-bond acceptors (Lipinski definition) is 5. The Morgan fingerprint density at radius 1 is 1.44 bits per heavy atom. The zero-order valence-electron chi connectivity index (χ0n) is 14.9. The zero-order valence-corrected chi connectivity index (χ0v) is 16.5. The maximum atomic E-state index is 11.9. The molecule has 0 unspecified atom stereocenters. The van der Waals surface area contributed by atoms with Crippen molar-refractivity contribution in [1.29, 1.82) is 0 Å². The van der Waals surface area contributed by atoms with Gasteiger partial charge in [-0.2, -0.15) is 5.10 Å². The number of carbonyl (C=O) groups excluding carboxylic acids is 2. The van der Waals surface area contributed by atoms with E-state index in [4.69, 9.17) is 10.8 Å². The lowest BCUT2D eigenvalue weighted by molar-refractivity contribution is -0.133. The van der Waals surface area contributed by atoms with E-state index in [1.54, 1.807) is 9.42 Å². The maximum absolute atomic E-state index is 11.9. The molecule has 0 radical (unpaired) electrons. The Kier molecular flexibility index (Phi) is 4.59. The number of fused-ring (bicyclic) bond motifs is 2. The minimum atomic E-state index is -0.518. The molecule has 1 aliphatic carbocycles. The number of nitrogens with zero attached hydrogens (tertiary/aromatic N) is 3. The molecule has 1 aliphatic heterocycles. The number of rotatable bonds is 4. The molecule has 4 atom stereocenters. The molecule has 27 heavy (non-hydrogen) atoms. The van der Waals surface area contributed by atoms with Crippen molar-refractivity contribution in [3.8, 4) is 0 Å². The van der Waals surface area contributed by atoms with Crippen LogP contribution in [0, 0.1) is 17.8 Å². The van der Waals surface area contributed by atoms with Gasteiger partial charge in [0.05, 0.1) is 23.0 Å². The van der Waals surface area contributed by atoms with Crippen LogP contribution < -0.4 is 11.1 Å². The van der Waals surface area contributed by atoms with Crippen LogP contribution in [-0.2, 0) is 4.79 Å². The van der Waals surface area contributed by atoms with Crippen LogP contribution in [0.3, 0.4) is 0 Å². The number of carbonyl (C=O) groups is 2. The number of nitrogens with one attached hydrogen (secondary N) is 1. The Labute approximate surface area is 164 Å². The largest absolute Gasteiger partial charge is 0.387 e. The van der Waals surface area contributed by atoms with Crippen LogP contribution in [0.25, 0.3) is 5.52 Å². The van der Waals surface area contributed by atoms with Crippen molar-refractivity contribution in [2.75, 3.05) is 25.0 Å². The van der Waals surface area contributed by atoms with Gasteiger partial charge in [0.2, 0.25) is 5.91 Å². The minimum absolute atomic E-state index is 0.171. The monoisotopic (exact) mass is 435 g/mol. The molecule has 4 N–H and O–H groups in total. The number of anilines is 1. The molecule has 0 spiro atoms. The SMILES string of the molecule is C[C@@H]1[C@H]2CN(C(=O)CO)C[C@H]2C[C@H]1Nc1c(C(N)=O)cnn2cc(Br)cc12. The highest BCUT2D eigenvalue weighted by molar-refractivity contribution is 9.10. The average molecular weight is 436 g/mol. The van der Waals surface area contributed by atoms with E-state index in [0.717, 1.165) is 16.4 Å². The third-order valence-electron chi connectivity index (χ3n) is 6.05. The van der Waals surface area contributed by atoms with E-state index < -0.39 is 12.5 Å². The Morgan fingerprint density at radius 3 is 2.89 bits per heavy atom. The van der Waals surface area contributed by atoms with Gasteiger partial charge in [0.1, 0.15) is 6.61 Å². The molecule has 2 aromatic heterocycles. The number of halogens is 1. The second kappa shape index (κ2) is 6.79. The highest BCUT2D eigenvalue weighted by Crippen LogP contribution is 2.44. The van der Waals surface area contributed by atoms with Gasteiger partial charge in [0, 0.05) is 29.8 Å². The van der Waals surface area contributed by atoms with Gasteiger partial charge in [-0.15, -0.1) is 0 Å². The van der Waals surface area contributed by atoms with Crippen LogP contribution in [0.2, 0.25) is 0 Å². The third kappa shape index (κ3) is 3.08. The molecular formula is C18H22BrN5O3. The van der Waals surface area contributed by atoms with E-state index in [1.807, 2.05) is 12.3 Å². The van der Waals surface area contributed by atoms with Crippen LogP contribution in [0.4, 0.5) is 5.69 Å². The fourth-order valence-electron chi connectivity index (χ4n) is 4.62.